The van der Waals surface area contributed by atoms with Crippen LogP contribution in [0.2, 0.25) is 0 Å². The molecule has 180 valence electrons. The molecule has 0 atom stereocenters. The van der Waals surface area contributed by atoms with Crippen molar-refractivity contribution in [3.05, 3.63) is 91.4 Å². The average Bonchev–Trinajstić information content (AvgIpc) is 2.79. The smallest absolute Gasteiger partial charge is 0.120 e. The van der Waals surface area contributed by atoms with E-state index in [1.807, 2.05) is 50.2 Å². The summed E-state index contributed by atoms with van der Waals surface area (Å²) in [5.74, 6) is 10.5. The number of nitrogens with two attached hydrogens (primary N) is 2. The first-order valence-corrected chi connectivity index (χ1v) is 12.2. The molecule has 6 nitrogen and oxygen atoms in total. The number of methoxy groups -OCH3 is 1. The van der Waals surface area contributed by atoms with E-state index in [9.17, 15) is 0 Å². The first kappa shape index (κ1) is 29.6. The van der Waals surface area contributed by atoms with Crippen LogP contribution in [-0.2, 0) is 20.8 Å². The lowest BCUT2D eigenvalue weighted by Crippen LogP contribution is -2.00. The highest BCUT2D eigenvalue weighted by Gasteiger charge is 2.02. The predicted molar refractivity (Wildman–Crippen MR) is 141 cm³/mol. The third-order valence-electron chi connectivity index (χ3n) is 4.58. The zero-order valence-electron chi connectivity index (χ0n) is 19.4. The second-order valence-corrected chi connectivity index (χ2v) is 9.56. The van der Waals surface area contributed by atoms with Crippen molar-refractivity contribution in [2.45, 2.75) is 39.2 Å². The molecule has 0 spiro atoms. The Hall–Kier alpha value is -1.43. The molecule has 0 saturated heterocycles. The van der Waals surface area contributed by atoms with Crippen LogP contribution in [0.3, 0.4) is 0 Å². The van der Waals surface area contributed by atoms with Crippen LogP contribution in [0.5, 0.6) is 5.75 Å². The number of halogens is 2. The molecule has 3 aromatic rings. The standard InChI is InChI=1S/C8H10BrNO.C8H9Br.C8H11NO3S/c1-6-2-3-8(9)4-7(6)5-11-10;1-6-3-4-8(9)5-7(6)2;1-6-3-4-7(10-2)5-8(6)13-12-11-9/h2-4H,5,10H2,1H3;3-5H,1-2H3;3-5H,9H2,1-2H3. The molecule has 0 aliphatic heterocycles. The van der Waals surface area contributed by atoms with Crippen molar-refractivity contribution in [3.8, 4) is 5.75 Å². The molecule has 0 saturated carbocycles. The number of ether oxygens (including phenoxy) is 1. The Labute approximate surface area is 217 Å². The van der Waals surface area contributed by atoms with Crippen molar-refractivity contribution in [1.29, 1.82) is 0 Å². The minimum Gasteiger partial charge on any atom is -0.497 e. The number of hydrogen-bond donors (Lipinski definition) is 2. The Bertz CT molecular complexity index is 1010. The topological polar surface area (TPSA) is 89.0 Å². The molecular weight excluding hydrogens is 572 g/mol. The van der Waals surface area contributed by atoms with E-state index in [1.54, 1.807) is 7.11 Å². The van der Waals surface area contributed by atoms with Crippen LogP contribution in [0.4, 0.5) is 0 Å². The van der Waals surface area contributed by atoms with Gasteiger partial charge in [-0.05, 0) is 91.9 Å². The molecule has 0 heterocycles. The minimum absolute atomic E-state index is 0.464. The lowest BCUT2D eigenvalue weighted by atomic mass is 10.1. The quantitative estimate of drug-likeness (QED) is 0.178. The van der Waals surface area contributed by atoms with Gasteiger partial charge in [0.25, 0.3) is 0 Å². The molecule has 9 heteroatoms. The first-order valence-electron chi connectivity index (χ1n) is 9.86. The summed E-state index contributed by atoms with van der Waals surface area (Å²) in [7, 11) is 1.61. The van der Waals surface area contributed by atoms with Gasteiger partial charge in [-0.3, -0.25) is 4.84 Å². The van der Waals surface area contributed by atoms with Crippen molar-refractivity contribution in [2.75, 3.05) is 7.11 Å². The van der Waals surface area contributed by atoms with Gasteiger partial charge in [0.2, 0.25) is 0 Å². The van der Waals surface area contributed by atoms with Crippen molar-refractivity contribution in [1.82, 2.24) is 0 Å². The molecule has 0 amide bonds. The van der Waals surface area contributed by atoms with Crippen molar-refractivity contribution < 1.29 is 18.9 Å². The van der Waals surface area contributed by atoms with Crippen LogP contribution in [0, 0.1) is 27.7 Å². The number of hydrogen-bond acceptors (Lipinski definition) is 7. The molecule has 0 fully saturated rings. The summed E-state index contributed by atoms with van der Waals surface area (Å²) in [5, 5.41) is 0. The van der Waals surface area contributed by atoms with Crippen LogP contribution in [-0.4, -0.2) is 7.11 Å². The predicted octanol–water partition coefficient (Wildman–Crippen LogP) is 7.05. The molecule has 0 aliphatic rings. The molecule has 0 bridgehead atoms. The fourth-order valence-electron chi connectivity index (χ4n) is 2.44. The Morgan fingerprint density at radius 1 is 0.758 bits per heavy atom. The maximum absolute atomic E-state index is 5.05. The average molecular weight is 602 g/mol. The molecule has 33 heavy (non-hydrogen) atoms. The molecule has 0 unspecified atom stereocenters. The summed E-state index contributed by atoms with van der Waals surface area (Å²) in [5.41, 5.74) is 6.06. The minimum atomic E-state index is 0.464. The molecule has 4 N–H and O–H groups in total. The van der Waals surface area contributed by atoms with Gasteiger partial charge in [-0.1, -0.05) is 50.1 Å². The zero-order valence-corrected chi connectivity index (χ0v) is 23.3. The van der Waals surface area contributed by atoms with Gasteiger partial charge < -0.3 is 4.74 Å². The van der Waals surface area contributed by atoms with Gasteiger partial charge in [-0.15, -0.1) is 9.32 Å². The van der Waals surface area contributed by atoms with E-state index < -0.39 is 0 Å². The normalized spacial score (nSPS) is 9.97. The van der Waals surface area contributed by atoms with Gasteiger partial charge in [0, 0.05) is 13.8 Å². The van der Waals surface area contributed by atoms with E-state index in [-0.39, 0.29) is 0 Å². The number of rotatable bonds is 6. The largest absolute Gasteiger partial charge is 0.497 e. The second kappa shape index (κ2) is 16.2. The van der Waals surface area contributed by atoms with Crippen LogP contribution in [0.25, 0.3) is 0 Å². The highest BCUT2D eigenvalue weighted by Crippen LogP contribution is 2.27. The molecule has 3 aromatic carbocycles. The summed E-state index contributed by atoms with van der Waals surface area (Å²) >= 11 is 7.82. The summed E-state index contributed by atoms with van der Waals surface area (Å²) in [4.78, 5) is 9.45. The molecule has 0 aliphatic carbocycles. The van der Waals surface area contributed by atoms with Crippen molar-refractivity contribution in [2.24, 2.45) is 11.8 Å². The molecule has 0 radical (unpaired) electrons. The van der Waals surface area contributed by atoms with E-state index >= 15 is 0 Å². The third-order valence-corrected chi connectivity index (χ3v) is 6.33. The summed E-state index contributed by atoms with van der Waals surface area (Å²) in [6.45, 7) is 8.68. The van der Waals surface area contributed by atoms with Gasteiger partial charge in [0.15, 0.2) is 0 Å². The van der Waals surface area contributed by atoms with E-state index in [1.165, 1.54) is 16.7 Å². The molecule has 0 aromatic heterocycles. The second-order valence-electron chi connectivity index (χ2n) is 6.99. The summed E-state index contributed by atoms with van der Waals surface area (Å²) in [6.07, 6.45) is 0. The molecule has 3 rings (SSSR count). The van der Waals surface area contributed by atoms with Crippen LogP contribution in [0.1, 0.15) is 27.8 Å². The maximum Gasteiger partial charge on any atom is 0.120 e. The van der Waals surface area contributed by atoms with Gasteiger partial charge in [0.1, 0.15) is 5.75 Å². The van der Waals surface area contributed by atoms with E-state index in [4.69, 9.17) is 16.5 Å². The summed E-state index contributed by atoms with van der Waals surface area (Å²) < 4.78 is 11.8. The monoisotopic (exact) mass is 600 g/mol. The van der Waals surface area contributed by atoms with Gasteiger partial charge in [-0.2, -0.15) is 5.90 Å². The Morgan fingerprint density at radius 2 is 1.36 bits per heavy atom. The van der Waals surface area contributed by atoms with Crippen LogP contribution < -0.4 is 16.5 Å². The van der Waals surface area contributed by atoms with Crippen LogP contribution in [0.15, 0.2) is 68.4 Å². The lowest BCUT2D eigenvalue weighted by Gasteiger charge is -2.05. The lowest BCUT2D eigenvalue weighted by molar-refractivity contribution is -0.195. The Morgan fingerprint density at radius 3 is 1.91 bits per heavy atom. The van der Waals surface area contributed by atoms with Crippen molar-refractivity contribution >= 4 is 43.9 Å². The van der Waals surface area contributed by atoms with Gasteiger partial charge in [-0.25, -0.2) is 5.90 Å². The third kappa shape index (κ3) is 11.5. The Kier molecular flexibility index (Phi) is 14.6. The number of benzene rings is 3. The van der Waals surface area contributed by atoms with E-state index in [2.05, 4.69) is 78.1 Å². The molecular formula is C24H30Br2N2O4S. The van der Waals surface area contributed by atoms with E-state index in [0.717, 1.165) is 42.8 Å². The van der Waals surface area contributed by atoms with Gasteiger partial charge in [0.05, 0.1) is 25.8 Å². The summed E-state index contributed by atoms with van der Waals surface area (Å²) in [6, 6.07) is 18.0. The van der Waals surface area contributed by atoms with E-state index in [0.29, 0.717) is 6.61 Å². The fourth-order valence-corrected chi connectivity index (χ4v) is 3.80. The maximum atomic E-state index is 5.05. The fraction of sp³-hybridized carbons (Fsp3) is 0.250. The number of aryl methyl sites for hydroxylation is 4. The van der Waals surface area contributed by atoms with Crippen LogP contribution >= 0.6 is 43.9 Å². The first-order chi connectivity index (χ1) is 15.7. The SMILES string of the molecule is COc1ccc(C)c(SOON)c1.Cc1ccc(Br)cc1C.Cc1ccc(Br)cc1CON. The highest BCUT2D eigenvalue weighted by atomic mass is 79.9. The van der Waals surface area contributed by atoms with Gasteiger partial charge >= 0.3 is 0 Å². The zero-order chi connectivity index (χ0) is 24.8. The Balaban J connectivity index is 0.000000252. The van der Waals surface area contributed by atoms with Crippen molar-refractivity contribution in [3.63, 3.8) is 0 Å². The highest BCUT2D eigenvalue weighted by molar-refractivity contribution is 9.10.